The van der Waals surface area contributed by atoms with Crippen LogP contribution in [-0.4, -0.2) is 43.8 Å². The lowest BCUT2D eigenvalue weighted by Crippen LogP contribution is -2.34. The van der Waals surface area contributed by atoms with Crippen molar-refractivity contribution < 1.29 is 38.7 Å². The predicted octanol–water partition coefficient (Wildman–Crippen LogP) is 2.11. The Bertz CT molecular complexity index is 975. The van der Waals surface area contributed by atoms with Gasteiger partial charge in [-0.2, -0.15) is 0 Å². The molecule has 8 heteroatoms. The number of ether oxygens (including phenoxy) is 5. The molecule has 152 valence electrons. The van der Waals surface area contributed by atoms with Crippen LogP contribution in [0.1, 0.15) is 28.7 Å². The molecular formula is C21H20O8. The van der Waals surface area contributed by atoms with Crippen molar-refractivity contribution in [3.8, 4) is 28.7 Å². The largest absolute Gasteiger partial charge is 0.502 e. The summed E-state index contributed by atoms with van der Waals surface area (Å²) in [6.07, 6.45) is -1.00. The van der Waals surface area contributed by atoms with Crippen LogP contribution in [0.25, 0.3) is 0 Å². The first-order valence-electron chi connectivity index (χ1n) is 9.26. The van der Waals surface area contributed by atoms with Gasteiger partial charge in [-0.05, 0) is 41.0 Å². The summed E-state index contributed by atoms with van der Waals surface area (Å²) >= 11 is 0. The second-order valence-electron chi connectivity index (χ2n) is 7.35. The normalized spacial score (nSPS) is 26.5. The van der Waals surface area contributed by atoms with E-state index in [0.29, 0.717) is 17.1 Å². The van der Waals surface area contributed by atoms with E-state index in [0.717, 1.165) is 11.1 Å². The average molecular weight is 400 g/mol. The Hall–Kier alpha value is -3.13. The quantitative estimate of drug-likeness (QED) is 0.755. The van der Waals surface area contributed by atoms with Gasteiger partial charge in [-0.15, -0.1) is 0 Å². The molecule has 1 saturated heterocycles. The minimum atomic E-state index is -1.00. The molecule has 0 spiro atoms. The molecule has 29 heavy (non-hydrogen) atoms. The maximum absolute atomic E-state index is 12.4. The molecule has 5 rings (SSSR count). The van der Waals surface area contributed by atoms with Crippen molar-refractivity contribution in [2.45, 2.75) is 12.0 Å². The minimum Gasteiger partial charge on any atom is -0.502 e. The molecule has 2 aromatic carbocycles. The second-order valence-corrected chi connectivity index (χ2v) is 7.35. The number of aliphatic hydroxyl groups excluding tert-OH is 1. The summed E-state index contributed by atoms with van der Waals surface area (Å²) in [7, 11) is 2.92. The van der Waals surface area contributed by atoms with Crippen molar-refractivity contribution >= 4 is 5.97 Å². The number of phenolic OH excluding ortho intramolecular Hbond substituents is 1. The Balaban J connectivity index is 1.74. The highest BCUT2D eigenvalue weighted by Gasteiger charge is 2.52. The number of carbonyl (C=O) groups is 1. The van der Waals surface area contributed by atoms with E-state index in [-0.39, 0.29) is 42.5 Å². The Morgan fingerprint density at radius 2 is 1.59 bits per heavy atom. The molecule has 2 aliphatic heterocycles. The maximum Gasteiger partial charge on any atom is 0.312 e. The first-order chi connectivity index (χ1) is 14.0. The van der Waals surface area contributed by atoms with Crippen molar-refractivity contribution in [3.05, 3.63) is 41.0 Å². The third kappa shape index (κ3) is 2.52. The van der Waals surface area contributed by atoms with E-state index in [9.17, 15) is 15.0 Å². The molecule has 0 amide bonds. The number of hydrogen-bond donors (Lipinski definition) is 2. The highest BCUT2D eigenvalue weighted by Crippen LogP contribution is 2.55. The lowest BCUT2D eigenvalue weighted by Gasteiger charge is -2.37. The van der Waals surface area contributed by atoms with E-state index in [1.807, 2.05) is 6.07 Å². The second kappa shape index (κ2) is 6.45. The molecule has 2 N–H and O–H groups in total. The van der Waals surface area contributed by atoms with E-state index in [1.165, 1.54) is 14.2 Å². The fraction of sp³-hybridized carbons (Fsp3) is 0.381. The van der Waals surface area contributed by atoms with Crippen molar-refractivity contribution in [1.82, 2.24) is 0 Å². The fourth-order valence-electron chi connectivity index (χ4n) is 4.66. The van der Waals surface area contributed by atoms with Gasteiger partial charge in [0, 0.05) is 11.8 Å². The lowest BCUT2D eigenvalue weighted by molar-refractivity contribution is -0.144. The van der Waals surface area contributed by atoms with Gasteiger partial charge in [-0.25, -0.2) is 0 Å². The van der Waals surface area contributed by atoms with Crippen LogP contribution < -0.4 is 18.9 Å². The van der Waals surface area contributed by atoms with Crippen molar-refractivity contribution in [2.24, 2.45) is 11.8 Å². The maximum atomic E-state index is 12.4. The fourth-order valence-corrected chi connectivity index (χ4v) is 4.66. The summed E-state index contributed by atoms with van der Waals surface area (Å²) in [5, 5.41) is 21.3. The number of benzene rings is 2. The first kappa shape index (κ1) is 17.9. The summed E-state index contributed by atoms with van der Waals surface area (Å²) in [5.41, 5.74) is 2.19. The zero-order valence-electron chi connectivity index (χ0n) is 15.9. The summed E-state index contributed by atoms with van der Waals surface area (Å²) in [6, 6.07) is 7.01. The van der Waals surface area contributed by atoms with Gasteiger partial charge in [0.25, 0.3) is 0 Å². The molecule has 2 aromatic rings. The number of esters is 1. The molecule has 0 aromatic heterocycles. The number of hydrogen-bond acceptors (Lipinski definition) is 8. The van der Waals surface area contributed by atoms with Crippen LogP contribution >= 0.6 is 0 Å². The van der Waals surface area contributed by atoms with E-state index in [2.05, 4.69) is 0 Å². The first-order valence-corrected chi connectivity index (χ1v) is 9.26. The molecule has 0 saturated carbocycles. The molecule has 4 atom stereocenters. The van der Waals surface area contributed by atoms with Gasteiger partial charge < -0.3 is 33.9 Å². The number of cyclic esters (lactones) is 1. The van der Waals surface area contributed by atoms with Crippen molar-refractivity contribution in [2.75, 3.05) is 27.6 Å². The third-order valence-corrected chi connectivity index (χ3v) is 6.01. The van der Waals surface area contributed by atoms with Crippen LogP contribution in [-0.2, 0) is 9.53 Å². The molecule has 0 radical (unpaired) electrons. The standard InChI is InChI=1S/C21H20O8/c1-25-15-3-9(4-16(26-2)20(15)23)17-10-5-13-14(29-8-28-13)6-11(10)19(22)18-12(17)7-27-21(18)24/h3-6,12,17-19,22-23H,7-8H2,1-2H3/t12?,17-,18?,19-/m1/s1. The lowest BCUT2D eigenvalue weighted by atomic mass is 9.66. The van der Waals surface area contributed by atoms with Crippen molar-refractivity contribution in [1.29, 1.82) is 0 Å². The van der Waals surface area contributed by atoms with Crippen LogP contribution in [0, 0.1) is 11.8 Å². The van der Waals surface area contributed by atoms with Gasteiger partial charge in [-0.1, -0.05) is 0 Å². The summed E-state index contributed by atoms with van der Waals surface area (Å²) < 4.78 is 26.9. The number of phenols is 1. The summed E-state index contributed by atoms with van der Waals surface area (Å²) in [5.74, 6) is -0.172. The highest BCUT2D eigenvalue weighted by molar-refractivity contribution is 5.77. The van der Waals surface area contributed by atoms with Crippen LogP contribution in [0.2, 0.25) is 0 Å². The van der Waals surface area contributed by atoms with E-state index in [4.69, 9.17) is 23.7 Å². The smallest absolute Gasteiger partial charge is 0.312 e. The zero-order valence-corrected chi connectivity index (χ0v) is 15.9. The van der Waals surface area contributed by atoms with Crippen LogP contribution in [0.3, 0.4) is 0 Å². The molecule has 8 nitrogen and oxygen atoms in total. The zero-order chi connectivity index (χ0) is 20.3. The molecule has 3 aliphatic rings. The van der Waals surface area contributed by atoms with Gasteiger partial charge >= 0.3 is 5.97 Å². The van der Waals surface area contributed by atoms with Crippen LogP contribution in [0.4, 0.5) is 0 Å². The van der Waals surface area contributed by atoms with Gasteiger partial charge in [0.2, 0.25) is 12.5 Å². The number of methoxy groups -OCH3 is 2. The van der Waals surface area contributed by atoms with Gasteiger partial charge in [-0.3, -0.25) is 4.79 Å². The van der Waals surface area contributed by atoms with E-state index >= 15 is 0 Å². The predicted molar refractivity (Wildman–Crippen MR) is 98.5 cm³/mol. The Morgan fingerprint density at radius 1 is 0.966 bits per heavy atom. The number of aliphatic hydroxyl groups is 1. The van der Waals surface area contributed by atoms with Crippen LogP contribution in [0.15, 0.2) is 24.3 Å². The number of rotatable bonds is 3. The molecule has 1 fully saturated rings. The topological polar surface area (TPSA) is 104 Å². The highest BCUT2D eigenvalue weighted by atomic mass is 16.7. The summed E-state index contributed by atoms with van der Waals surface area (Å²) in [4.78, 5) is 12.4. The summed E-state index contributed by atoms with van der Waals surface area (Å²) in [6.45, 7) is 0.291. The van der Waals surface area contributed by atoms with Crippen LogP contribution in [0.5, 0.6) is 28.7 Å². The molecular weight excluding hydrogens is 380 g/mol. The molecule has 2 unspecified atom stereocenters. The molecule has 1 aliphatic carbocycles. The number of aromatic hydroxyl groups is 1. The Labute approximate surface area is 166 Å². The minimum absolute atomic E-state index is 0.101. The Kier molecular flexibility index (Phi) is 3.99. The SMILES string of the molecule is COc1cc([C@@H]2c3cc4c(cc3[C@@H](O)C3C(=O)OCC32)OCO4)cc(OC)c1O. The molecule has 0 bridgehead atoms. The monoisotopic (exact) mass is 400 g/mol. The van der Waals surface area contributed by atoms with E-state index < -0.39 is 18.0 Å². The van der Waals surface area contributed by atoms with E-state index in [1.54, 1.807) is 18.2 Å². The van der Waals surface area contributed by atoms with Gasteiger partial charge in [0.1, 0.15) is 0 Å². The van der Waals surface area contributed by atoms with Gasteiger partial charge in [0.15, 0.2) is 23.0 Å². The third-order valence-electron chi connectivity index (χ3n) is 6.01. The number of fused-ring (bicyclic) bond motifs is 3. The van der Waals surface area contributed by atoms with Crippen molar-refractivity contribution in [3.63, 3.8) is 0 Å². The number of carbonyl (C=O) groups excluding carboxylic acids is 1. The van der Waals surface area contributed by atoms with Gasteiger partial charge in [0.05, 0.1) is 32.8 Å². The molecule has 2 heterocycles. The Morgan fingerprint density at radius 3 is 2.21 bits per heavy atom. The average Bonchev–Trinajstić information content (AvgIpc) is 3.34.